The minimum atomic E-state index is -0.0287. The van der Waals surface area contributed by atoms with Crippen LogP contribution in [0.15, 0.2) is 0 Å². The Morgan fingerprint density at radius 3 is 0.920 bits per heavy atom. The third-order valence-electron chi connectivity index (χ3n) is 5.53. The van der Waals surface area contributed by atoms with Gasteiger partial charge in [0.15, 0.2) is 0 Å². The van der Waals surface area contributed by atoms with Crippen molar-refractivity contribution in [2.75, 3.05) is 0 Å². The fourth-order valence-electron chi connectivity index (χ4n) is 3.70. The zero-order valence-corrected chi connectivity index (χ0v) is 17.9. The molecule has 1 N–H and O–H groups in total. The van der Waals surface area contributed by atoms with Crippen LogP contribution in [0.4, 0.5) is 0 Å². The fourth-order valence-corrected chi connectivity index (χ4v) is 3.70. The molecule has 1 nitrogen and oxygen atoms in total. The van der Waals surface area contributed by atoms with Crippen molar-refractivity contribution in [2.45, 2.75) is 155 Å². The Morgan fingerprint density at radius 1 is 0.400 bits per heavy atom. The summed E-state index contributed by atoms with van der Waals surface area (Å²) in [5.74, 6) is 0. The minimum Gasteiger partial charge on any atom is -0.393 e. The van der Waals surface area contributed by atoms with Crippen LogP contribution < -0.4 is 0 Å². The predicted molar refractivity (Wildman–Crippen MR) is 114 cm³/mol. The molecule has 0 rings (SSSR count). The second-order valence-electron chi connectivity index (χ2n) is 8.24. The van der Waals surface area contributed by atoms with Crippen molar-refractivity contribution in [3.63, 3.8) is 0 Å². The van der Waals surface area contributed by atoms with E-state index in [1.165, 1.54) is 122 Å². The highest BCUT2D eigenvalue weighted by atomic mass is 16.3. The van der Waals surface area contributed by atoms with E-state index >= 15 is 0 Å². The summed E-state index contributed by atoms with van der Waals surface area (Å²) in [6.07, 6.45) is 28.3. The number of hydrogen-bond acceptors (Lipinski definition) is 1. The van der Waals surface area contributed by atoms with Gasteiger partial charge in [0.1, 0.15) is 0 Å². The van der Waals surface area contributed by atoms with Crippen LogP contribution in [0.3, 0.4) is 0 Å². The van der Waals surface area contributed by atoms with Gasteiger partial charge in [0.2, 0.25) is 0 Å². The van der Waals surface area contributed by atoms with E-state index in [1.807, 2.05) is 0 Å². The van der Waals surface area contributed by atoms with E-state index < -0.39 is 0 Å². The van der Waals surface area contributed by atoms with E-state index in [2.05, 4.69) is 13.8 Å². The number of hydrogen-bond donors (Lipinski definition) is 1. The van der Waals surface area contributed by atoms with Gasteiger partial charge in [0, 0.05) is 0 Å². The molecule has 0 saturated heterocycles. The number of rotatable bonds is 21. The van der Waals surface area contributed by atoms with Crippen molar-refractivity contribution in [3.05, 3.63) is 0 Å². The second kappa shape index (κ2) is 22.0. The van der Waals surface area contributed by atoms with Gasteiger partial charge in [-0.2, -0.15) is 0 Å². The lowest BCUT2D eigenvalue weighted by Gasteiger charge is -2.10. The van der Waals surface area contributed by atoms with Gasteiger partial charge in [-0.3, -0.25) is 0 Å². The van der Waals surface area contributed by atoms with E-state index in [0.717, 1.165) is 12.8 Å². The summed E-state index contributed by atoms with van der Waals surface area (Å²) in [6, 6.07) is 0. The first-order chi connectivity index (χ1) is 12.3. The molecular weight excluding hydrogens is 304 g/mol. The van der Waals surface area contributed by atoms with Crippen LogP contribution in [0, 0.1) is 0 Å². The Labute approximate surface area is 160 Å². The zero-order valence-electron chi connectivity index (χ0n) is 17.9. The largest absolute Gasteiger partial charge is 0.393 e. The first kappa shape index (κ1) is 25.0. The summed E-state index contributed by atoms with van der Waals surface area (Å²) in [5, 5.41) is 10.00. The van der Waals surface area contributed by atoms with E-state index in [4.69, 9.17) is 0 Å². The SMILES string of the molecule is CCCCCCCCCCCCCCCCC(O)CCCCCCC. The fraction of sp³-hybridized carbons (Fsp3) is 1.00. The molecule has 0 aliphatic carbocycles. The first-order valence-corrected chi connectivity index (χ1v) is 12.0. The normalized spacial score (nSPS) is 12.6. The minimum absolute atomic E-state index is 0.0287. The molecule has 0 bridgehead atoms. The molecule has 0 aromatic rings. The molecule has 0 aromatic heterocycles. The molecule has 0 fully saturated rings. The molecule has 1 atom stereocenters. The average Bonchev–Trinajstić information content (AvgIpc) is 2.62. The topological polar surface area (TPSA) is 20.2 Å². The lowest BCUT2D eigenvalue weighted by molar-refractivity contribution is 0.147. The molecule has 0 amide bonds. The average molecular weight is 355 g/mol. The maximum absolute atomic E-state index is 10.00. The smallest absolute Gasteiger partial charge is 0.0540 e. The molecule has 152 valence electrons. The predicted octanol–water partition coefficient (Wildman–Crippen LogP) is 8.58. The van der Waals surface area contributed by atoms with Crippen molar-refractivity contribution in [2.24, 2.45) is 0 Å². The van der Waals surface area contributed by atoms with Gasteiger partial charge >= 0.3 is 0 Å². The Morgan fingerprint density at radius 2 is 0.640 bits per heavy atom. The lowest BCUT2D eigenvalue weighted by atomic mass is 10.0. The van der Waals surface area contributed by atoms with Crippen LogP contribution in [-0.4, -0.2) is 11.2 Å². The van der Waals surface area contributed by atoms with Crippen LogP contribution in [0.25, 0.3) is 0 Å². The molecule has 0 aliphatic heterocycles. The Bertz CT molecular complexity index is 226. The highest BCUT2D eigenvalue weighted by Gasteiger charge is 2.03. The van der Waals surface area contributed by atoms with Crippen molar-refractivity contribution in [1.29, 1.82) is 0 Å². The molecule has 1 unspecified atom stereocenters. The second-order valence-corrected chi connectivity index (χ2v) is 8.24. The summed E-state index contributed by atoms with van der Waals surface area (Å²) < 4.78 is 0. The van der Waals surface area contributed by atoms with Gasteiger partial charge in [-0.05, 0) is 12.8 Å². The molecule has 0 spiro atoms. The van der Waals surface area contributed by atoms with Crippen LogP contribution in [0.5, 0.6) is 0 Å². The van der Waals surface area contributed by atoms with Gasteiger partial charge in [0.25, 0.3) is 0 Å². The van der Waals surface area contributed by atoms with E-state index in [0.29, 0.717) is 0 Å². The van der Waals surface area contributed by atoms with E-state index in [-0.39, 0.29) is 6.10 Å². The van der Waals surface area contributed by atoms with Gasteiger partial charge in [-0.25, -0.2) is 0 Å². The number of aliphatic hydroxyl groups is 1. The van der Waals surface area contributed by atoms with Crippen LogP contribution in [-0.2, 0) is 0 Å². The van der Waals surface area contributed by atoms with Gasteiger partial charge in [-0.15, -0.1) is 0 Å². The molecule has 0 aliphatic rings. The van der Waals surface area contributed by atoms with Gasteiger partial charge in [0.05, 0.1) is 6.10 Å². The zero-order chi connectivity index (χ0) is 18.4. The maximum Gasteiger partial charge on any atom is 0.0540 e. The van der Waals surface area contributed by atoms with Gasteiger partial charge < -0.3 is 5.11 Å². The summed E-state index contributed by atoms with van der Waals surface area (Å²) in [4.78, 5) is 0. The molecule has 0 heterocycles. The molecule has 0 radical (unpaired) electrons. The monoisotopic (exact) mass is 354 g/mol. The van der Waals surface area contributed by atoms with Crippen molar-refractivity contribution in [1.82, 2.24) is 0 Å². The van der Waals surface area contributed by atoms with Crippen molar-refractivity contribution >= 4 is 0 Å². The van der Waals surface area contributed by atoms with Gasteiger partial charge in [-0.1, -0.05) is 136 Å². The van der Waals surface area contributed by atoms with Crippen LogP contribution in [0.1, 0.15) is 149 Å². The quantitative estimate of drug-likeness (QED) is 0.205. The lowest BCUT2D eigenvalue weighted by Crippen LogP contribution is -2.05. The highest BCUT2D eigenvalue weighted by Crippen LogP contribution is 2.15. The summed E-state index contributed by atoms with van der Waals surface area (Å²) >= 11 is 0. The maximum atomic E-state index is 10.00. The van der Waals surface area contributed by atoms with Crippen molar-refractivity contribution < 1.29 is 5.11 Å². The molecule has 0 saturated carbocycles. The standard InChI is InChI=1S/C24H50O/c1-3-5-7-9-10-11-12-13-14-15-16-17-19-21-23-24(25)22-20-18-8-6-4-2/h24-25H,3-23H2,1-2H3. The van der Waals surface area contributed by atoms with Crippen LogP contribution >= 0.6 is 0 Å². The summed E-state index contributed by atoms with van der Waals surface area (Å²) in [7, 11) is 0. The van der Waals surface area contributed by atoms with Crippen molar-refractivity contribution in [3.8, 4) is 0 Å². The molecule has 25 heavy (non-hydrogen) atoms. The molecule has 1 heteroatoms. The van der Waals surface area contributed by atoms with Crippen LogP contribution in [0.2, 0.25) is 0 Å². The Kier molecular flexibility index (Phi) is 22.0. The molecular formula is C24H50O. The first-order valence-electron chi connectivity index (χ1n) is 12.0. The summed E-state index contributed by atoms with van der Waals surface area (Å²) in [5.41, 5.74) is 0. The summed E-state index contributed by atoms with van der Waals surface area (Å²) in [6.45, 7) is 4.54. The third-order valence-corrected chi connectivity index (χ3v) is 5.53. The molecule has 0 aromatic carbocycles. The number of unbranched alkanes of at least 4 members (excludes halogenated alkanes) is 17. The number of aliphatic hydroxyl groups excluding tert-OH is 1. The van der Waals surface area contributed by atoms with E-state index in [9.17, 15) is 5.11 Å². The van der Waals surface area contributed by atoms with E-state index in [1.54, 1.807) is 0 Å². The highest BCUT2D eigenvalue weighted by molar-refractivity contribution is 4.57. The third kappa shape index (κ3) is 21.9. The Hall–Kier alpha value is -0.0400. The Balaban J connectivity index is 3.08.